The monoisotopic (exact) mass is 299 g/mol. The van der Waals surface area contributed by atoms with Gasteiger partial charge in [0, 0.05) is 18.8 Å². The van der Waals surface area contributed by atoms with Gasteiger partial charge in [-0.1, -0.05) is 30.3 Å². The van der Waals surface area contributed by atoms with Gasteiger partial charge in [-0.15, -0.1) is 0 Å². The van der Waals surface area contributed by atoms with Crippen LogP contribution in [-0.2, 0) is 6.54 Å². The highest BCUT2D eigenvalue weighted by Crippen LogP contribution is 2.09. The smallest absolute Gasteiger partial charge is 0.260 e. The molecule has 3 N–H and O–H groups in total. The molecular formula is C17H21N3O2. The molecule has 22 heavy (non-hydrogen) atoms. The summed E-state index contributed by atoms with van der Waals surface area (Å²) in [5, 5.41) is 0. The number of hydrogen-bond acceptors (Lipinski definition) is 3. The van der Waals surface area contributed by atoms with Crippen molar-refractivity contribution in [2.45, 2.75) is 19.9 Å². The van der Waals surface area contributed by atoms with E-state index >= 15 is 0 Å². The summed E-state index contributed by atoms with van der Waals surface area (Å²) >= 11 is 0. The Bertz CT molecular complexity index is 680. The lowest BCUT2D eigenvalue weighted by atomic mass is 10.1. The Labute approximate surface area is 129 Å². The molecule has 1 aromatic heterocycles. The number of amides is 1. The topological polar surface area (TPSA) is 79.2 Å². The largest absolute Gasteiger partial charge is 0.334 e. The number of nitrogens with zero attached hydrogens (tertiary/aromatic N) is 1. The second-order valence-electron chi connectivity index (χ2n) is 5.24. The summed E-state index contributed by atoms with van der Waals surface area (Å²) in [6.45, 7) is 3.28. The van der Waals surface area contributed by atoms with Crippen LogP contribution in [0.4, 0.5) is 0 Å². The van der Waals surface area contributed by atoms with Crippen LogP contribution in [0.3, 0.4) is 0 Å². The standard InChI is InChI=1S/C17H21N3O2/c1-13-8-9-15(16(21)19-13)17(22)20(11-5-10-18)12-14-6-3-2-4-7-14/h2-4,6-9H,5,10-12,18H2,1H3,(H,19,21). The Hall–Kier alpha value is -2.40. The number of H-pyrrole nitrogens is 1. The summed E-state index contributed by atoms with van der Waals surface area (Å²) in [6.07, 6.45) is 0.697. The van der Waals surface area contributed by atoms with Crippen LogP contribution in [0.25, 0.3) is 0 Å². The van der Waals surface area contributed by atoms with Crippen molar-refractivity contribution >= 4 is 5.91 Å². The van der Waals surface area contributed by atoms with Crippen LogP contribution in [0.1, 0.15) is 28.0 Å². The minimum Gasteiger partial charge on any atom is -0.334 e. The molecule has 0 fully saturated rings. The zero-order valence-electron chi connectivity index (χ0n) is 12.7. The molecule has 0 aliphatic rings. The van der Waals surface area contributed by atoms with E-state index in [2.05, 4.69) is 4.98 Å². The first-order valence-electron chi connectivity index (χ1n) is 7.35. The van der Waals surface area contributed by atoms with E-state index in [0.717, 1.165) is 11.3 Å². The quantitative estimate of drug-likeness (QED) is 0.851. The fourth-order valence-electron chi connectivity index (χ4n) is 2.25. The van der Waals surface area contributed by atoms with Gasteiger partial charge < -0.3 is 15.6 Å². The predicted octanol–water partition coefficient (Wildman–Crippen LogP) is 1.67. The lowest BCUT2D eigenvalue weighted by Crippen LogP contribution is -2.36. The van der Waals surface area contributed by atoms with Gasteiger partial charge in [-0.3, -0.25) is 9.59 Å². The van der Waals surface area contributed by atoms with Crippen molar-refractivity contribution in [3.8, 4) is 0 Å². The third kappa shape index (κ3) is 4.05. The summed E-state index contributed by atoms with van der Waals surface area (Å²) in [5.74, 6) is -0.265. The van der Waals surface area contributed by atoms with Gasteiger partial charge in [0.25, 0.3) is 11.5 Å². The van der Waals surface area contributed by atoms with Gasteiger partial charge in [0.2, 0.25) is 0 Å². The van der Waals surface area contributed by atoms with Gasteiger partial charge in [0.15, 0.2) is 0 Å². The maximum Gasteiger partial charge on any atom is 0.260 e. The highest BCUT2D eigenvalue weighted by Gasteiger charge is 2.18. The van der Waals surface area contributed by atoms with Gasteiger partial charge in [-0.2, -0.15) is 0 Å². The minimum absolute atomic E-state index is 0.165. The number of aromatic amines is 1. The van der Waals surface area contributed by atoms with E-state index in [0.29, 0.717) is 26.1 Å². The van der Waals surface area contributed by atoms with Crippen LogP contribution in [0.15, 0.2) is 47.3 Å². The summed E-state index contributed by atoms with van der Waals surface area (Å²) in [6, 6.07) is 13.0. The van der Waals surface area contributed by atoms with E-state index in [4.69, 9.17) is 5.73 Å². The Morgan fingerprint density at radius 3 is 2.55 bits per heavy atom. The van der Waals surface area contributed by atoms with Gasteiger partial charge in [0.1, 0.15) is 5.56 Å². The normalized spacial score (nSPS) is 10.5. The van der Waals surface area contributed by atoms with Crippen molar-refractivity contribution in [2.75, 3.05) is 13.1 Å². The number of rotatable bonds is 6. The summed E-state index contributed by atoms with van der Waals surface area (Å²) in [4.78, 5) is 29.0. The number of carbonyl (C=O) groups excluding carboxylic acids is 1. The third-order valence-electron chi connectivity index (χ3n) is 3.42. The van der Waals surface area contributed by atoms with Gasteiger partial charge >= 0.3 is 0 Å². The number of benzene rings is 1. The first kappa shape index (κ1) is 16.0. The Morgan fingerprint density at radius 1 is 1.18 bits per heavy atom. The SMILES string of the molecule is Cc1ccc(C(=O)N(CCCN)Cc2ccccc2)c(=O)[nH]1. The van der Waals surface area contributed by atoms with Crippen LogP contribution in [0.2, 0.25) is 0 Å². The molecule has 0 aliphatic carbocycles. The maximum absolute atomic E-state index is 12.7. The van der Waals surface area contributed by atoms with E-state index in [1.54, 1.807) is 24.0 Å². The van der Waals surface area contributed by atoms with Gasteiger partial charge in [-0.25, -0.2) is 0 Å². The molecule has 0 bridgehead atoms. The molecule has 5 heteroatoms. The third-order valence-corrected chi connectivity index (χ3v) is 3.42. The molecule has 1 heterocycles. The molecule has 1 aromatic carbocycles. The van der Waals surface area contributed by atoms with Gasteiger partial charge in [-0.05, 0) is 37.6 Å². The van der Waals surface area contributed by atoms with Crippen molar-refractivity contribution in [1.29, 1.82) is 0 Å². The van der Waals surface area contributed by atoms with E-state index in [9.17, 15) is 9.59 Å². The van der Waals surface area contributed by atoms with E-state index in [1.807, 2.05) is 30.3 Å². The lowest BCUT2D eigenvalue weighted by molar-refractivity contribution is 0.0740. The Balaban J connectivity index is 2.24. The van der Waals surface area contributed by atoms with Crippen molar-refractivity contribution in [3.05, 3.63) is 69.6 Å². The molecule has 0 aliphatic heterocycles. The lowest BCUT2D eigenvalue weighted by Gasteiger charge is -2.22. The fourth-order valence-corrected chi connectivity index (χ4v) is 2.25. The summed E-state index contributed by atoms with van der Waals surface area (Å²) < 4.78 is 0. The first-order valence-corrected chi connectivity index (χ1v) is 7.35. The molecule has 0 saturated carbocycles. The van der Waals surface area contributed by atoms with Gasteiger partial charge in [0.05, 0.1) is 0 Å². The predicted molar refractivity (Wildman–Crippen MR) is 86.7 cm³/mol. The highest BCUT2D eigenvalue weighted by atomic mass is 16.2. The number of aryl methyl sites for hydroxylation is 1. The second-order valence-corrected chi connectivity index (χ2v) is 5.24. The average Bonchev–Trinajstić information content (AvgIpc) is 2.52. The molecule has 0 unspecified atom stereocenters. The number of nitrogens with two attached hydrogens (primary N) is 1. The molecule has 0 saturated heterocycles. The van der Waals surface area contributed by atoms with Crippen LogP contribution in [0.5, 0.6) is 0 Å². The first-order chi connectivity index (χ1) is 10.6. The van der Waals surface area contributed by atoms with E-state index in [1.165, 1.54) is 0 Å². The van der Waals surface area contributed by atoms with Crippen molar-refractivity contribution in [3.63, 3.8) is 0 Å². The molecule has 116 valence electrons. The Morgan fingerprint density at radius 2 is 1.91 bits per heavy atom. The summed E-state index contributed by atoms with van der Waals surface area (Å²) in [5.41, 5.74) is 7.13. The number of carbonyl (C=O) groups is 1. The van der Waals surface area contributed by atoms with Crippen LogP contribution < -0.4 is 11.3 Å². The second kappa shape index (κ2) is 7.56. The number of hydrogen-bond donors (Lipinski definition) is 2. The highest BCUT2D eigenvalue weighted by molar-refractivity contribution is 5.93. The van der Waals surface area contributed by atoms with E-state index < -0.39 is 0 Å². The average molecular weight is 299 g/mol. The molecule has 2 rings (SSSR count). The van der Waals surface area contributed by atoms with Crippen LogP contribution in [0, 0.1) is 6.92 Å². The maximum atomic E-state index is 12.7. The zero-order valence-corrected chi connectivity index (χ0v) is 12.7. The molecule has 5 nitrogen and oxygen atoms in total. The van der Waals surface area contributed by atoms with Crippen LogP contribution >= 0.6 is 0 Å². The van der Waals surface area contributed by atoms with Crippen molar-refractivity contribution < 1.29 is 4.79 Å². The number of pyridine rings is 1. The molecular weight excluding hydrogens is 278 g/mol. The van der Waals surface area contributed by atoms with Crippen molar-refractivity contribution in [2.24, 2.45) is 5.73 Å². The van der Waals surface area contributed by atoms with Crippen LogP contribution in [-0.4, -0.2) is 28.9 Å². The summed E-state index contributed by atoms with van der Waals surface area (Å²) in [7, 11) is 0. The zero-order chi connectivity index (χ0) is 15.9. The molecule has 0 radical (unpaired) electrons. The Kier molecular flexibility index (Phi) is 5.49. The molecule has 0 spiro atoms. The van der Waals surface area contributed by atoms with Crippen molar-refractivity contribution in [1.82, 2.24) is 9.88 Å². The number of nitrogens with one attached hydrogen (secondary N) is 1. The fraction of sp³-hybridized carbons (Fsp3) is 0.294. The number of aromatic nitrogens is 1. The molecule has 0 atom stereocenters. The minimum atomic E-state index is -0.351. The molecule has 1 amide bonds. The van der Waals surface area contributed by atoms with E-state index in [-0.39, 0.29) is 17.0 Å². The molecule has 2 aromatic rings.